The third kappa shape index (κ3) is 3.28. The van der Waals surface area contributed by atoms with Crippen molar-refractivity contribution in [3.8, 4) is 0 Å². The molecule has 78 valence electrons. The maximum Gasteiger partial charge on any atom is 0.0218 e. The van der Waals surface area contributed by atoms with Gasteiger partial charge in [0.15, 0.2) is 0 Å². The minimum Gasteiger partial charge on any atom is -0.311 e. The summed E-state index contributed by atoms with van der Waals surface area (Å²) >= 11 is 0. The zero-order valence-electron chi connectivity index (χ0n) is 9.34. The van der Waals surface area contributed by atoms with Crippen LogP contribution in [0.3, 0.4) is 0 Å². The predicted molar refractivity (Wildman–Crippen MR) is 58.0 cm³/mol. The van der Waals surface area contributed by atoms with Gasteiger partial charge in [-0.1, -0.05) is 26.7 Å². The molecule has 0 radical (unpaired) electrons. The Kier molecular flexibility index (Phi) is 4.74. The summed E-state index contributed by atoms with van der Waals surface area (Å²) in [5, 5.41) is 3.64. The zero-order valence-corrected chi connectivity index (χ0v) is 9.34. The molecule has 0 aromatic carbocycles. The standard InChI is InChI=1S/C11H24N2/c1-4-6-10-9-13(3)11(7-5-2)8-12-10/h10-12H,4-9H2,1-3H3. The predicted octanol–water partition coefficient (Wildman–Crippen LogP) is 1.86. The first-order chi connectivity index (χ1) is 6.27. The van der Waals surface area contributed by atoms with Crippen LogP contribution in [-0.4, -0.2) is 37.1 Å². The van der Waals surface area contributed by atoms with E-state index in [1.54, 1.807) is 0 Å². The Hall–Kier alpha value is -0.0800. The molecule has 2 atom stereocenters. The number of piperazine rings is 1. The summed E-state index contributed by atoms with van der Waals surface area (Å²) in [5.74, 6) is 0. The van der Waals surface area contributed by atoms with E-state index < -0.39 is 0 Å². The number of nitrogens with zero attached hydrogens (tertiary/aromatic N) is 1. The molecule has 0 aromatic rings. The molecule has 1 fully saturated rings. The lowest BCUT2D eigenvalue weighted by atomic mass is 10.0. The van der Waals surface area contributed by atoms with Crippen LogP contribution < -0.4 is 5.32 Å². The molecule has 0 saturated carbocycles. The molecule has 0 aliphatic carbocycles. The third-order valence-electron chi connectivity index (χ3n) is 3.03. The van der Waals surface area contributed by atoms with Crippen molar-refractivity contribution in [2.45, 2.75) is 51.6 Å². The van der Waals surface area contributed by atoms with Crippen LogP contribution in [0, 0.1) is 0 Å². The van der Waals surface area contributed by atoms with Crippen molar-refractivity contribution >= 4 is 0 Å². The topological polar surface area (TPSA) is 15.3 Å². The molecule has 1 heterocycles. The van der Waals surface area contributed by atoms with Crippen molar-refractivity contribution in [3.63, 3.8) is 0 Å². The van der Waals surface area contributed by atoms with Crippen molar-refractivity contribution in [1.29, 1.82) is 0 Å². The van der Waals surface area contributed by atoms with Crippen molar-refractivity contribution in [3.05, 3.63) is 0 Å². The Morgan fingerprint density at radius 1 is 1.23 bits per heavy atom. The monoisotopic (exact) mass is 184 g/mol. The second-order valence-electron chi connectivity index (χ2n) is 4.28. The Morgan fingerprint density at radius 2 is 1.92 bits per heavy atom. The normalized spacial score (nSPS) is 30.7. The minimum atomic E-state index is 0.739. The van der Waals surface area contributed by atoms with Gasteiger partial charge in [0.1, 0.15) is 0 Å². The van der Waals surface area contributed by atoms with E-state index in [0.29, 0.717) is 0 Å². The molecule has 2 unspecified atom stereocenters. The van der Waals surface area contributed by atoms with Gasteiger partial charge in [0.25, 0.3) is 0 Å². The first-order valence-electron chi connectivity index (χ1n) is 5.71. The lowest BCUT2D eigenvalue weighted by Crippen LogP contribution is -2.54. The van der Waals surface area contributed by atoms with E-state index in [-0.39, 0.29) is 0 Å². The molecule has 2 nitrogen and oxygen atoms in total. The lowest BCUT2D eigenvalue weighted by molar-refractivity contribution is 0.150. The van der Waals surface area contributed by atoms with Crippen LogP contribution in [0.1, 0.15) is 39.5 Å². The van der Waals surface area contributed by atoms with Gasteiger partial charge >= 0.3 is 0 Å². The highest BCUT2D eigenvalue weighted by atomic mass is 15.2. The zero-order chi connectivity index (χ0) is 9.68. The van der Waals surface area contributed by atoms with E-state index in [1.165, 1.54) is 38.8 Å². The highest BCUT2D eigenvalue weighted by Crippen LogP contribution is 2.12. The van der Waals surface area contributed by atoms with Gasteiger partial charge in [-0.3, -0.25) is 0 Å². The molecule has 0 aromatic heterocycles. The average molecular weight is 184 g/mol. The van der Waals surface area contributed by atoms with Crippen molar-refractivity contribution in [2.75, 3.05) is 20.1 Å². The smallest absolute Gasteiger partial charge is 0.0218 e. The number of likely N-dealkylation sites (N-methyl/N-ethyl adjacent to an activating group) is 1. The van der Waals surface area contributed by atoms with Gasteiger partial charge in [-0.25, -0.2) is 0 Å². The fourth-order valence-corrected chi connectivity index (χ4v) is 2.22. The van der Waals surface area contributed by atoms with E-state index in [0.717, 1.165) is 12.1 Å². The first-order valence-corrected chi connectivity index (χ1v) is 5.71. The summed E-state index contributed by atoms with van der Waals surface area (Å²) in [6.07, 6.45) is 5.25. The van der Waals surface area contributed by atoms with Crippen LogP contribution in [0.25, 0.3) is 0 Å². The van der Waals surface area contributed by atoms with E-state index in [4.69, 9.17) is 0 Å². The van der Waals surface area contributed by atoms with Crippen LogP contribution >= 0.6 is 0 Å². The highest BCUT2D eigenvalue weighted by molar-refractivity contribution is 4.83. The molecular weight excluding hydrogens is 160 g/mol. The first kappa shape index (κ1) is 11.0. The molecule has 1 aliphatic heterocycles. The second kappa shape index (κ2) is 5.61. The fraction of sp³-hybridized carbons (Fsp3) is 1.00. The van der Waals surface area contributed by atoms with Gasteiger partial charge in [-0.15, -0.1) is 0 Å². The Morgan fingerprint density at radius 3 is 2.46 bits per heavy atom. The van der Waals surface area contributed by atoms with Gasteiger partial charge in [0.05, 0.1) is 0 Å². The fourth-order valence-electron chi connectivity index (χ4n) is 2.22. The van der Waals surface area contributed by atoms with Crippen LogP contribution in [0.15, 0.2) is 0 Å². The van der Waals surface area contributed by atoms with Crippen LogP contribution in [0.4, 0.5) is 0 Å². The molecular formula is C11H24N2. The molecule has 13 heavy (non-hydrogen) atoms. The number of rotatable bonds is 4. The third-order valence-corrected chi connectivity index (χ3v) is 3.03. The van der Waals surface area contributed by atoms with Gasteiger partial charge in [-0.2, -0.15) is 0 Å². The number of hydrogen-bond donors (Lipinski definition) is 1. The lowest BCUT2D eigenvalue weighted by Gasteiger charge is -2.38. The van der Waals surface area contributed by atoms with E-state index in [2.05, 4.69) is 31.1 Å². The second-order valence-corrected chi connectivity index (χ2v) is 4.28. The summed E-state index contributed by atoms with van der Waals surface area (Å²) in [6, 6.07) is 1.52. The Bertz CT molecular complexity index is 136. The van der Waals surface area contributed by atoms with Crippen LogP contribution in [-0.2, 0) is 0 Å². The molecule has 1 saturated heterocycles. The van der Waals surface area contributed by atoms with E-state index in [1.807, 2.05) is 0 Å². The molecule has 1 aliphatic rings. The van der Waals surface area contributed by atoms with Gasteiger partial charge in [0, 0.05) is 25.2 Å². The Labute approximate surface area is 82.7 Å². The molecule has 1 N–H and O–H groups in total. The van der Waals surface area contributed by atoms with Gasteiger partial charge in [0.2, 0.25) is 0 Å². The number of nitrogens with one attached hydrogen (secondary N) is 1. The Balaban J connectivity index is 2.28. The summed E-state index contributed by atoms with van der Waals surface area (Å²) < 4.78 is 0. The van der Waals surface area contributed by atoms with E-state index >= 15 is 0 Å². The minimum absolute atomic E-state index is 0.739. The molecule has 0 amide bonds. The van der Waals surface area contributed by atoms with E-state index in [9.17, 15) is 0 Å². The average Bonchev–Trinajstić information content (AvgIpc) is 2.10. The van der Waals surface area contributed by atoms with Crippen molar-refractivity contribution in [1.82, 2.24) is 10.2 Å². The van der Waals surface area contributed by atoms with Crippen LogP contribution in [0.5, 0.6) is 0 Å². The molecule has 1 rings (SSSR count). The van der Waals surface area contributed by atoms with Gasteiger partial charge in [-0.05, 0) is 19.9 Å². The van der Waals surface area contributed by atoms with Crippen LogP contribution in [0.2, 0.25) is 0 Å². The maximum atomic E-state index is 3.64. The SMILES string of the molecule is CCCC1CN(C)C(CCC)CN1. The quantitative estimate of drug-likeness (QED) is 0.717. The maximum absolute atomic E-state index is 3.64. The summed E-state index contributed by atoms with van der Waals surface area (Å²) in [6.45, 7) is 6.96. The molecule has 0 spiro atoms. The van der Waals surface area contributed by atoms with Crippen molar-refractivity contribution < 1.29 is 0 Å². The summed E-state index contributed by atoms with van der Waals surface area (Å²) in [4.78, 5) is 2.53. The molecule has 0 bridgehead atoms. The largest absolute Gasteiger partial charge is 0.311 e. The summed E-state index contributed by atoms with van der Waals surface area (Å²) in [5.41, 5.74) is 0. The highest BCUT2D eigenvalue weighted by Gasteiger charge is 2.23. The van der Waals surface area contributed by atoms with Gasteiger partial charge < -0.3 is 10.2 Å². The van der Waals surface area contributed by atoms with Crippen molar-refractivity contribution in [2.24, 2.45) is 0 Å². The number of hydrogen-bond acceptors (Lipinski definition) is 2. The summed E-state index contributed by atoms with van der Waals surface area (Å²) in [7, 11) is 2.27. The molecule has 2 heteroatoms.